The molecule has 0 spiro atoms. The maximum absolute atomic E-state index is 5.73. The molecule has 0 atom stereocenters. The Morgan fingerprint density at radius 3 is 2.84 bits per heavy atom. The number of hydrogen-bond donors (Lipinski definition) is 1. The van der Waals surface area contributed by atoms with Crippen LogP contribution in [0.15, 0.2) is 22.7 Å². The van der Waals surface area contributed by atoms with Gasteiger partial charge in [-0.2, -0.15) is 16.7 Å². The van der Waals surface area contributed by atoms with E-state index in [0.717, 1.165) is 34.1 Å². The Kier molecular flexibility index (Phi) is 4.47. The number of aromatic nitrogens is 2. The molecule has 0 saturated carbocycles. The van der Waals surface area contributed by atoms with E-state index in [9.17, 15) is 0 Å². The molecule has 1 heterocycles. The summed E-state index contributed by atoms with van der Waals surface area (Å²) in [4.78, 5) is 4.43. The molecule has 0 fully saturated rings. The zero-order valence-electron chi connectivity index (χ0n) is 11.5. The molecule has 0 unspecified atom stereocenters. The zero-order valence-corrected chi connectivity index (χ0v) is 12.3. The highest BCUT2D eigenvalue weighted by Crippen LogP contribution is 2.24. The molecule has 4 nitrogen and oxygen atoms in total. The van der Waals surface area contributed by atoms with E-state index in [0.29, 0.717) is 11.8 Å². The molecule has 0 radical (unpaired) electrons. The van der Waals surface area contributed by atoms with Gasteiger partial charge < -0.3 is 10.3 Å². The Hall–Kier alpha value is -1.49. The minimum absolute atomic E-state index is 0.567. The van der Waals surface area contributed by atoms with Crippen molar-refractivity contribution in [1.82, 2.24) is 10.1 Å². The second-order valence-corrected chi connectivity index (χ2v) is 6.03. The molecule has 2 aromatic rings. The van der Waals surface area contributed by atoms with Gasteiger partial charge in [0.1, 0.15) is 0 Å². The van der Waals surface area contributed by atoms with E-state index in [1.807, 2.05) is 36.9 Å². The van der Waals surface area contributed by atoms with Crippen LogP contribution in [0.1, 0.15) is 25.2 Å². The van der Waals surface area contributed by atoms with E-state index in [4.69, 9.17) is 10.3 Å². The van der Waals surface area contributed by atoms with Gasteiger partial charge in [0.2, 0.25) is 0 Å². The molecule has 0 aliphatic carbocycles. The SMILES string of the molecule is Cc1cc(N)ccc1-c1nc(CSCC(C)C)no1. The monoisotopic (exact) mass is 277 g/mol. The van der Waals surface area contributed by atoms with Gasteiger partial charge in [0, 0.05) is 11.3 Å². The number of benzene rings is 1. The van der Waals surface area contributed by atoms with Crippen molar-refractivity contribution in [2.75, 3.05) is 11.5 Å². The van der Waals surface area contributed by atoms with Crippen molar-refractivity contribution in [3.63, 3.8) is 0 Å². The van der Waals surface area contributed by atoms with Gasteiger partial charge in [-0.15, -0.1) is 0 Å². The lowest BCUT2D eigenvalue weighted by Gasteiger charge is -2.01. The summed E-state index contributed by atoms with van der Waals surface area (Å²) in [5.41, 5.74) is 8.47. The van der Waals surface area contributed by atoms with Crippen LogP contribution in [-0.4, -0.2) is 15.9 Å². The van der Waals surface area contributed by atoms with Crippen LogP contribution in [0.2, 0.25) is 0 Å². The molecule has 0 saturated heterocycles. The highest BCUT2D eigenvalue weighted by molar-refractivity contribution is 7.98. The van der Waals surface area contributed by atoms with E-state index in [1.165, 1.54) is 0 Å². The molecular weight excluding hydrogens is 258 g/mol. The van der Waals surface area contributed by atoms with Gasteiger partial charge in [-0.3, -0.25) is 0 Å². The van der Waals surface area contributed by atoms with Gasteiger partial charge in [-0.25, -0.2) is 0 Å². The largest absolute Gasteiger partial charge is 0.399 e. The number of hydrogen-bond acceptors (Lipinski definition) is 5. The average molecular weight is 277 g/mol. The molecule has 2 rings (SSSR count). The van der Waals surface area contributed by atoms with Gasteiger partial charge in [0.15, 0.2) is 5.82 Å². The standard InChI is InChI=1S/C14H19N3OS/c1-9(2)7-19-8-13-16-14(18-17-13)12-5-4-11(15)6-10(12)3/h4-6,9H,7-8,15H2,1-3H3. The maximum atomic E-state index is 5.73. The Labute approximate surface area is 117 Å². The topological polar surface area (TPSA) is 64.9 Å². The second-order valence-electron chi connectivity index (χ2n) is 5.00. The third-order valence-electron chi connectivity index (χ3n) is 2.63. The van der Waals surface area contributed by atoms with Crippen LogP contribution in [0.4, 0.5) is 5.69 Å². The van der Waals surface area contributed by atoms with E-state index >= 15 is 0 Å². The second kappa shape index (κ2) is 6.10. The van der Waals surface area contributed by atoms with E-state index in [1.54, 1.807) is 0 Å². The average Bonchev–Trinajstić information content (AvgIpc) is 2.77. The van der Waals surface area contributed by atoms with Crippen LogP contribution in [0, 0.1) is 12.8 Å². The lowest BCUT2D eigenvalue weighted by atomic mass is 10.1. The molecular formula is C14H19N3OS. The quantitative estimate of drug-likeness (QED) is 0.847. The van der Waals surface area contributed by atoms with Crippen LogP contribution in [0.25, 0.3) is 11.5 Å². The summed E-state index contributed by atoms with van der Waals surface area (Å²) in [6.45, 7) is 6.39. The summed E-state index contributed by atoms with van der Waals surface area (Å²) in [6, 6.07) is 5.68. The molecule has 1 aromatic heterocycles. The fourth-order valence-electron chi connectivity index (χ4n) is 1.73. The lowest BCUT2D eigenvalue weighted by molar-refractivity contribution is 0.425. The van der Waals surface area contributed by atoms with Gasteiger partial charge in [-0.05, 0) is 42.4 Å². The summed E-state index contributed by atoms with van der Waals surface area (Å²) < 4.78 is 5.31. The van der Waals surface area contributed by atoms with Crippen molar-refractivity contribution in [3.8, 4) is 11.5 Å². The predicted molar refractivity (Wildman–Crippen MR) is 79.9 cm³/mol. The Morgan fingerprint density at radius 1 is 1.37 bits per heavy atom. The summed E-state index contributed by atoms with van der Waals surface area (Å²) in [6.07, 6.45) is 0. The molecule has 0 aliphatic heterocycles. The lowest BCUT2D eigenvalue weighted by Crippen LogP contribution is -1.93. The molecule has 5 heteroatoms. The predicted octanol–water partition coefficient (Wildman–Crippen LogP) is 3.52. The Balaban J connectivity index is 2.08. The van der Waals surface area contributed by atoms with Gasteiger partial charge >= 0.3 is 0 Å². The van der Waals surface area contributed by atoms with Crippen molar-refractivity contribution in [2.45, 2.75) is 26.5 Å². The fourth-order valence-corrected chi connectivity index (χ4v) is 2.62. The van der Waals surface area contributed by atoms with Crippen LogP contribution in [0.3, 0.4) is 0 Å². The first kappa shape index (κ1) is 13.9. The van der Waals surface area contributed by atoms with E-state index in [2.05, 4.69) is 24.0 Å². The number of rotatable bonds is 5. The zero-order chi connectivity index (χ0) is 13.8. The molecule has 0 aliphatic rings. The first-order chi connectivity index (χ1) is 9.06. The number of nitrogens with two attached hydrogens (primary N) is 1. The summed E-state index contributed by atoms with van der Waals surface area (Å²) >= 11 is 1.82. The highest BCUT2D eigenvalue weighted by atomic mass is 32.2. The first-order valence-corrected chi connectivity index (χ1v) is 7.48. The fraction of sp³-hybridized carbons (Fsp3) is 0.429. The number of anilines is 1. The summed E-state index contributed by atoms with van der Waals surface area (Å²) in [7, 11) is 0. The minimum atomic E-state index is 0.567. The number of aryl methyl sites for hydroxylation is 1. The van der Waals surface area contributed by atoms with Crippen molar-refractivity contribution in [3.05, 3.63) is 29.6 Å². The van der Waals surface area contributed by atoms with Crippen LogP contribution in [-0.2, 0) is 5.75 Å². The van der Waals surface area contributed by atoms with E-state index in [-0.39, 0.29) is 0 Å². The molecule has 2 N–H and O–H groups in total. The third-order valence-corrected chi connectivity index (χ3v) is 4.00. The van der Waals surface area contributed by atoms with Crippen molar-refractivity contribution in [1.29, 1.82) is 0 Å². The summed E-state index contributed by atoms with van der Waals surface area (Å²) in [5.74, 6) is 3.88. The molecule has 0 amide bonds. The molecule has 1 aromatic carbocycles. The van der Waals surface area contributed by atoms with Crippen molar-refractivity contribution < 1.29 is 4.52 Å². The van der Waals surface area contributed by atoms with Gasteiger partial charge in [-0.1, -0.05) is 19.0 Å². The molecule has 102 valence electrons. The highest BCUT2D eigenvalue weighted by Gasteiger charge is 2.11. The number of nitrogen functional groups attached to an aromatic ring is 1. The van der Waals surface area contributed by atoms with Crippen molar-refractivity contribution in [2.24, 2.45) is 5.92 Å². The van der Waals surface area contributed by atoms with Crippen LogP contribution >= 0.6 is 11.8 Å². The number of nitrogens with zero attached hydrogens (tertiary/aromatic N) is 2. The third kappa shape index (κ3) is 3.73. The van der Waals surface area contributed by atoms with Crippen LogP contribution < -0.4 is 5.73 Å². The van der Waals surface area contributed by atoms with Crippen LogP contribution in [0.5, 0.6) is 0 Å². The Bertz CT molecular complexity index is 551. The van der Waals surface area contributed by atoms with Gasteiger partial charge in [0.25, 0.3) is 5.89 Å². The minimum Gasteiger partial charge on any atom is -0.399 e. The maximum Gasteiger partial charge on any atom is 0.258 e. The molecule has 19 heavy (non-hydrogen) atoms. The normalized spacial score (nSPS) is 11.2. The smallest absolute Gasteiger partial charge is 0.258 e. The van der Waals surface area contributed by atoms with Gasteiger partial charge in [0.05, 0.1) is 5.75 Å². The molecule has 0 bridgehead atoms. The van der Waals surface area contributed by atoms with E-state index < -0.39 is 0 Å². The Morgan fingerprint density at radius 2 is 2.16 bits per heavy atom. The summed E-state index contributed by atoms with van der Waals surface area (Å²) in [5, 5.41) is 4.01. The van der Waals surface area contributed by atoms with Crippen molar-refractivity contribution >= 4 is 17.4 Å². The first-order valence-electron chi connectivity index (χ1n) is 6.33. The number of thioether (sulfide) groups is 1.